The summed E-state index contributed by atoms with van der Waals surface area (Å²) in [6.45, 7) is 3.17. The van der Waals surface area contributed by atoms with Crippen molar-refractivity contribution in [1.29, 1.82) is 0 Å². The first-order valence-electron chi connectivity index (χ1n) is 9.13. The Hall–Kier alpha value is -1.98. The van der Waals surface area contributed by atoms with Crippen molar-refractivity contribution in [3.05, 3.63) is 53.9 Å². The fourth-order valence-corrected chi connectivity index (χ4v) is 3.69. The Kier molecular flexibility index (Phi) is 6.00. The number of hydrogen-bond donors (Lipinski definition) is 2. The zero-order chi connectivity index (χ0) is 17.5. The predicted octanol–water partition coefficient (Wildman–Crippen LogP) is 2.66. The topological polar surface area (TPSA) is 75.3 Å². The zero-order valence-corrected chi connectivity index (χ0v) is 14.8. The fourth-order valence-electron chi connectivity index (χ4n) is 3.69. The highest BCUT2D eigenvalue weighted by Gasteiger charge is 2.33. The molecule has 1 aliphatic heterocycles. The second-order valence-corrected chi connectivity index (χ2v) is 7.22. The zero-order valence-electron chi connectivity index (χ0n) is 14.8. The van der Waals surface area contributed by atoms with Crippen LogP contribution in [0.25, 0.3) is 0 Å². The summed E-state index contributed by atoms with van der Waals surface area (Å²) < 4.78 is 0. The molecular formula is C20H28N4O. The van der Waals surface area contributed by atoms with Gasteiger partial charge in [0.05, 0.1) is 0 Å². The largest absolute Gasteiger partial charge is 0.396 e. The number of nitrogens with zero attached hydrogens (tertiary/aromatic N) is 3. The van der Waals surface area contributed by atoms with Crippen molar-refractivity contribution in [2.75, 3.05) is 25.4 Å². The smallest absolute Gasteiger partial charge is 0.219 e. The maximum atomic E-state index is 9.99. The molecule has 2 aromatic rings. The van der Waals surface area contributed by atoms with Gasteiger partial charge in [-0.1, -0.05) is 30.3 Å². The summed E-state index contributed by atoms with van der Waals surface area (Å²) in [6, 6.07) is 10.6. The van der Waals surface area contributed by atoms with Crippen LogP contribution in [0.2, 0.25) is 0 Å². The average molecular weight is 340 g/mol. The molecular weight excluding hydrogens is 312 g/mol. The highest BCUT2D eigenvalue weighted by atomic mass is 16.3. The molecule has 1 aliphatic rings. The molecule has 0 bridgehead atoms. The summed E-state index contributed by atoms with van der Waals surface area (Å²) in [7, 11) is 0. The summed E-state index contributed by atoms with van der Waals surface area (Å²) in [6.07, 6.45) is 9.02. The van der Waals surface area contributed by atoms with Gasteiger partial charge in [-0.2, -0.15) is 0 Å². The lowest BCUT2D eigenvalue weighted by molar-refractivity contribution is 0.0329. The van der Waals surface area contributed by atoms with E-state index in [-0.39, 0.29) is 5.41 Å². The molecule has 1 fully saturated rings. The molecule has 5 nitrogen and oxygen atoms in total. The highest BCUT2D eigenvalue weighted by Crippen LogP contribution is 2.36. The second-order valence-electron chi connectivity index (χ2n) is 7.22. The molecule has 0 unspecified atom stereocenters. The maximum absolute atomic E-state index is 9.99. The number of nitrogens with two attached hydrogens (primary N) is 1. The van der Waals surface area contributed by atoms with Crippen LogP contribution < -0.4 is 5.73 Å². The number of anilines is 1. The Morgan fingerprint density at radius 2 is 1.72 bits per heavy atom. The number of nitrogen functional groups attached to an aromatic ring is 1. The Balaban J connectivity index is 1.47. The van der Waals surface area contributed by atoms with Crippen molar-refractivity contribution in [3.63, 3.8) is 0 Å². The molecule has 1 saturated heterocycles. The van der Waals surface area contributed by atoms with E-state index in [2.05, 4.69) is 45.2 Å². The lowest BCUT2D eigenvalue weighted by Gasteiger charge is -2.41. The quantitative estimate of drug-likeness (QED) is 0.810. The third kappa shape index (κ3) is 5.00. The first-order chi connectivity index (χ1) is 12.2. The maximum Gasteiger partial charge on any atom is 0.219 e. The summed E-state index contributed by atoms with van der Waals surface area (Å²) in [5.74, 6) is 0.320. The van der Waals surface area contributed by atoms with E-state index in [9.17, 15) is 5.11 Å². The summed E-state index contributed by atoms with van der Waals surface area (Å²) in [5, 5.41) is 9.99. The van der Waals surface area contributed by atoms with E-state index in [1.165, 1.54) is 5.56 Å². The van der Waals surface area contributed by atoms with Gasteiger partial charge < -0.3 is 10.8 Å². The van der Waals surface area contributed by atoms with Crippen LogP contribution in [0.4, 0.5) is 5.95 Å². The van der Waals surface area contributed by atoms with Gasteiger partial charge in [-0.25, -0.2) is 9.97 Å². The van der Waals surface area contributed by atoms with Gasteiger partial charge in [-0.05, 0) is 56.2 Å². The van der Waals surface area contributed by atoms with Gasteiger partial charge in [0, 0.05) is 31.1 Å². The van der Waals surface area contributed by atoms with E-state index >= 15 is 0 Å². The van der Waals surface area contributed by atoms with Crippen LogP contribution in [0.15, 0.2) is 42.7 Å². The third-order valence-electron chi connectivity index (χ3n) is 5.40. The van der Waals surface area contributed by atoms with E-state index in [1.54, 1.807) is 12.4 Å². The van der Waals surface area contributed by atoms with E-state index < -0.39 is 0 Å². The Morgan fingerprint density at radius 1 is 1.04 bits per heavy atom. The van der Waals surface area contributed by atoms with Gasteiger partial charge in [-0.15, -0.1) is 0 Å². The molecule has 1 aromatic carbocycles. The normalized spacial score (nSPS) is 17.5. The number of aromatic nitrogens is 2. The summed E-state index contributed by atoms with van der Waals surface area (Å²) in [5.41, 5.74) is 8.10. The molecule has 0 saturated carbocycles. The monoisotopic (exact) mass is 340 g/mol. The van der Waals surface area contributed by atoms with Gasteiger partial charge in [0.25, 0.3) is 0 Å². The molecule has 25 heavy (non-hydrogen) atoms. The van der Waals surface area contributed by atoms with Crippen molar-refractivity contribution < 1.29 is 5.11 Å². The number of aliphatic hydroxyl groups excluding tert-OH is 1. The Morgan fingerprint density at radius 3 is 2.36 bits per heavy atom. The highest BCUT2D eigenvalue weighted by molar-refractivity contribution is 5.17. The van der Waals surface area contributed by atoms with Crippen LogP contribution in [0.1, 0.15) is 36.8 Å². The summed E-state index contributed by atoms with van der Waals surface area (Å²) >= 11 is 0. The van der Waals surface area contributed by atoms with Crippen molar-refractivity contribution in [2.45, 2.75) is 38.6 Å². The Bertz CT molecular complexity index is 637. The molecule has 1 aromatic heterocycles. The predicted molar refractivity (Wildman–Crippen MR) is 99.9 cm³/mol. The number of benzene rings is 1. The van der Waals surface area contributed by atoms with Crippen molar-refractivity contribution in [2.24, 2.45) is 5.41 Å². The van der Waals surface area contributed by atoms with Gasteiger partial charge in [-0.3, -0.25) is 4.90 Å². The first-order valence-corrected chi connectivity index (χ1v) is 9.13. The SMILES string of the molecule is Nc1ncc(CN2CCC(CO)(CCCc3ccccc3)CC2)cn1. The Labute approximate surface area is 149 Å². The number of hydrogen-bond acceptors (Lipinski definition) is 5. The summed E-state index contributed by atoms with van der Waals surface area (Å²) in [4.78, 5) is 10.5. The first kappa shape index (κ1) is 17.8. The van der Waals surface area contributed by atoms with Crippen LogP contribution in [-0.4, -0.2) is 39.7 Å². The molecule has 0 atom stereocenters. The standard InChI is InChI=1S/C20H28N4O/c21-19-22-13-18(14-23-19)15-24-11-9-20(16-25,10-12-24)8-4-7-17-5-2-1-3-6-17/h1-3,5-6,13-14,25H,4,7-12,15-16H2,(H2,21,22,23). The lowest BCUT2D eigenvalue weighted by atomic mass is 9.75. The average Bonchev–Trinajstić information content (AvgIpc) is 2.66. The van der Waals surface area contributed by atoms with Gasteiger partial charge in [0.2, 0.25) is 5.95 Å². The van der Waals surface area contributed by atoms with Gasteiger partial charge in [0.15, 0.2) is 0 Å². The van der Waals surface area contributed by atoms with Crippen LogP contribution in [0.5, 0.6) is 0 Å². The van der Waals surface area contributed by atoms with E-state index in [4.69, 9.17) is 5.73 Å². The third-order valence-corrected chi connectivity index (χ3v) is 5.40. The van der Waals surface area contributed by atoms with E-state index in [0.717, 1.165) is 57.3 Å². The van der Waals surface area contributed by atoms with Crippen LogP contribution >= 0.6 is 0 Å². The lowest BCUT2D eigenvalue weighted by Crippen LogP contribution is -2.41. The second kappa shape index (κ2) is 8.41. The number of aliphatic hydroxyl groups is 1. The minimum atomic E-state index is 0.0862. The molecule has 0 aliphatic carbocycles. The van der Waals surface area contributed by atoms with Crippen LogP contribution in [-0.2, 0) is 13.0 Å². The number of aryl methyl sites for hydroxylation is 1. The van der Waals surface area contributed by atoms with Crippen LogP contribution in [0.3, 0.4) is 0 Å². The fraction of sp³-hybridized carbons (Fsp3) is 0.500. The minimum Gasteiger partial charge on any atom is -0.396 e. The molecule has 0 radical (unpaired) electrons. The van der Waals surface area contributed by atoms with E-state index in [0.29, 0.717) is 12.6 Å². The number of rotatable bonds is 7. The molecule has 0 spiro atoms. The van der Waals surface area contributed by atoms with Crippen molar-refractivity contribution >= 4 is 5.95 Å². The number of piperidine rings is 1. The minimum absolute atomic E-state index is 0.0862. The van der Waals surface area contributed by atoms with Crippen LogP contribution in [0, 0.1) is 5.41 Å². The molecule has 2 heterocycles. The molecule has 5 heteroatoms. The van der Waals surface area contributed by atoms with Gasteiger partial charge in [0.1, 0.15) is 0 Å². The molecule has 3 N–H and O–H groups in total. The molecule has 3 rings (SSSR count). The number of likely N-dealkylation sites (tertiary alicyclic amines) is 1. The van der Waals surface area contributed by atoms with Crippen molar-refractivity contribution in [3.8, 4) is 0 Å². The van der Waals surface area contributed by atoms with Gasteiger partial charge >= 0.3 is 0 Å². The molecule has 0 amide bonds. The van der Waals surface area contributed by atoms with Crippen molar-refractivity contribution in [1.82, 2.24) is 14.9 Å². The molecule has 134 valence electrons. The van der Waals surface area contributed by atoms with E-state index in [1.807, 2.05) is 0 Å².